The zero-order valence-electron chi connectivity index (χ0n) is 10.8. The van der Waals surface area contributed by atoms with Gasteiger partial charge in [-0.1, -0.05) is 0 Å². The number of hydrogen-bond donors (Lipinski definition) is 2. The van der Waals surface area contributed by atoms with Gasteiger partial charge in [0.1, 0.15) is 0 Å². The Morgan fingerprint density at radius 2 is 1.81 bits per heavy atom. The quantitative estimate of drug-likeness (QED) is 0.512. The van der Waals surface area contributed by atoms with Crippen LogP contribution in [0.5, 0.6) is 0 Å². The third-order valence-electron chi connectivity index (χ3n) is 2.32. The molecule has 0 aliphatic rings. The summed E-state index contributed by atoms with van der Waals surface area (Å²) < 4.78 is 0. The van der Waals surface area contributed by atoms with Crippen molar-refractivity contribution in [3.8, 4) is 0 Å². The smallest absolute Gasteiger partial charge is 0.224 e. The SMILES string of the molecule is CCNC(=NC)NCCC(=O)N(CC)CC. The highest BCUT2D eigenvalue weighted by Gasteiger charge is 2.08. The summed E-state index contributed by atoms with van der Waals surface area (Å²) in [5.41, 5.74) is 0. The predicted molar refractivity (Wildman–Crippen MR) is 67.6 cm³/mol. The molecule has 5 heteroatoms. The van der Waals surface area contributed by atoms with Gasteiger partial charge < -0.3 is 15.5 Å². The predicted octanol–water partition coefficient (Wildman–Crippen LogP) is 0.430. The fraction of sp³-hybridized carbons (Fsp3) is 0.818. The zero-order valence-corrected chi connectivity index (χ0v) is 10.8. The molecule has 0 bridgehead atoms. The summed E-state index contributed by atoms with van der Waals surface area (Å²) in [6.07, 6.45) is 0.506. The van der Waals surface area contributed by atoms with Crippen molar-refractivity contribution >= 4 is 11.9 Å². The highest BCUT2D eigenvalue weighted by atomic mass is 16.2. The average molecular weight is 228 g/mol. The van der Waals surface area contributed by atoms with Gasteiger partial charge >= 0.3 is 0 Å². The summed E-state index contributed by atoms with van der Waals surface area (Å²) in [7, 11) is 1.72. The van der Waals surface area contributed by atoms with E-state index in [0.717, 1.165) is 25.6 Å². The lowest BCUT2D eigenvalue weighted by molar-refractivity contribution is -0.130. The minimum atomic E-state index is 0.185. The van der Waals surface area contributed by atoms with Crippen molar-refractivity contribution in [3.63, 3.8) is 0 Å². The second kappa shape index (κ2) is 9.00. The Hall–Kier alpha value is -1.26. The first-order valence-electron chi connectivity index (χ1n) is 5.91. The Morgan fingerprint density at radius 1 is 1.19 bits per heavy atom. The first-order valence-corrected chi connectivity index (χ1v) is 5.91. The van der Waals surface area contributed by atoms with Crippen molar-refractivity contribution in [1.82, 2.24) is 15.5 Å². The summed E-state index contributed by atoms with van der Waals surface area (Å²) >= 11 is 0. The van der Waals surface area contributed by atoms with E-state index in [1.54, 1.807) is 7.05 Å². The minimum Gasteiger partial charge on any atom is -0.357 e. The third kappa shape index (κ3) is 5.58. The van der Waals surface area contributed by atoms with Crippen LogP contribution in [-0.2, 0) is 4.79 Å². The van der Waals surface area contributed by atoms with Crippen LogP contribution < -0.4 is 10.6 Å². The Balaban J connectivity index is 3.84. The van der Waals surface area contributed by atoms with E-state index in [1.165, 1.54) is 0 Å². The highest BCUT2D eigenvalue weighted by molar-refractivity contribution is 5.81. The average Bonchev–Trinajstić information content (AvgIpc) is 2.29. The molecule has 0 saturated heterocycles. The number of nitrogens with one attached hydrogen (secondary N) is 2. The summed E-state index contributed by atoms with van der Waals surface area (Å²) in [6.45, 7) is 8.99. The minimum absolute atomic E-state index is 0.185. The number of rotatable bonds is 6. The van der Waals surface area contributed by atoms with E-state index in [9.17, 15) is 4.79 Å². The molecule has 0 aliphatic carbocycles. The molecule has 2 N–H and O–H groups in total. The molecule has 0 aromatic heterocycles. The van der Waals surface area contributed by atoms with Crippen molar-refractivity contribution in [3.05, 3.63) is 0 Å². The van der Waals surface area contributed by atoms with Gasteiger partial charge in [-0.3, -0.25) is 9.79 Å². The third-order valence-corrected chi connectivity index (χ3v) is 2.32. The molecule has 0 radical (unpaired) electrons. The second-order valence-corrected chi connectivity index (χ2v) is 3.35. The number of carbonyl (C=O) groups excluding carboxylic acids is 1. The van der Waals surface area contributed by atoms with Crippen LogP contribution in [0, 0.1) is 0 Å². The maximum absolute atomic E-state index is 11.7. The standard InChI is InChI=1S/C11H24N4O/c1-5-13-11(12-4)14-9-8-10(16)15(6-2)7-3/h5-9H2,1-4H3,(H2,12,13,14). The fourth-order valence-corrected chi connectivity index (χ4v) is 1.41. The van der Waals surface area contributed by atoms with Gasteiger partial charge in [-0.25, -0.2) is 0 Å². The lowest BCUT2D eigenvalue weighted by Crippen LogP contribution is -2.39. The maximum atomic E-state index is 11.7. The molecular weight excluding hydrogens is 204 g/mol. The van der Waals surface area contributed by atoms with Crippen molar-refractivity contribution in [1.29, 1.82) is 0 Å². The number of nitrogens with zero attached hydrogens (tertiary/aromatic N) is 2. The van der Waals surface area contributed by atoms with Crippen LogP contribution in [0.1, 0.15) is 27.2 Å². The van der Waals surface area contributed by atoms with Gasteiger partial charge in [0.05, 0.1) is 0 Å². The highest BCUT2D eigenvalue weighted by Crippen LogP contribution is 1.92. The van der Waals surface area contributed by atoms with Crippen molar-refractivity contribution in [2.45, 2.75) is 27.2 Å². The van der Waals surface area contributed by atoms with Gasteiger partial charge in [0, 0.05) is 39.6 Å². The summed E-state index contributed by atoms with van der Waals surface area (Å²) in [5, 5.41) is 6.17. The normalized spacial score (nSPS) is 11.1. The van der Waals surface area contributed by atoms with E-state index < -0.39 is 0 Å². The van der Waals surface area contributed by atoms with E-state index in [0.29, 0.717) is 13.0 Å². The van der Waals surface area contributed by atoms with Crippen LogP contribution in [0.2, 0.25) is 0 Å². The van der Waals surface area contributed by atoms with E-state index in [4.69, 9.17) is 0 Å². The van der Waals surface area contributed by atoms with Crippen molar-refractivity contribution in [2.75, 3.05) is 33.2 Å². The molecule has 0 unspecified atom stereocenters. The molecule has 0 saturated carbocycles. The van der Waals surface area contributed by atoms with Crippen LogP contribution in [-0.4, -0.2) is 50.0 Å². The number of amides is 1. The molecule has 0 spiro atoms. The van der Waals surface area contributed by atoms with Crippen LogP contribution in [0.3, 0.4) is 0 Å². The molecule has 1 amide bonds. The molecule has 16 heavy (non-hydrogen) atoms. The fourth-order valence-electron chi connectivity index (χ4n) is 1.41. The molecular formula is C11H24N4O. The van der Waals surface area contributed by atoms with Gasteiger partial charge in [-0.2, -0.15) is 0 Å². The summed E-state index contributed by atoms with van der Waals surface area (Å²) in [5.74, 6) is 0.930. The lowest BCUT2D eigenvalue weighted by Gasteiger charge is -2.19. The summed E-state index contributed by atoms with van der Waals surface area (Å²) in [6, 6.07) is 0. The Bertz CT molecular complexity index is 224. The lowest BCUT2D eigenvalue weighted by atomic mass is 10.3. The number of carbonyl (C=O) groups is 1. The van der Waals surface area contributed by atoms with E-state index in [2.05, 4.69) is 15.6 Å². The molecule has 0 fully saturated rings. The molecule has 0 rings (SSSR count). The van der Waals surface area contributed by atoms with E-state index in [-0.39, 0.29) is 5.91 Å². The molecule has 94 valence electrons. The summed E-state index contributed by atoms with van der Waals surface area (Å²) in [4.78, 5) is 17.5. The zero-order chi connectivity index (χ0) is 12.4. The first kappa shape index (κ1) is 14.7. The Kier molecular flexibility index (Phi) is 8.29. The van der Waals surface area contributed by atoms with Crippen LogP contribution >= 0.6 is 0 Å². The Labute approximate surface area is 98.3 Å². The van der Waals surface area contributed by atoms with Gasteiger partial charge in [-0.05, 0) is 20.8 Å². The second-order valence-electron chi connectivity index (χ2n) is 3.35. The van der Waals surface area contributed by atoms with E-state index >= 15 is 0 Å². The van der Waals surface area contributed by atoms with Crippen molar-refractivity contribution in [2.24, 2.45) is 4.99 Å². The van der Waals surface area contributed by atoms with Crippen molar-refractivity contribution < 1.29 is 4.79 Å². The number of guanidine groups is 1. The number of aliphatic imine (C=N–C) groups is 1. The van der Waals surface area contributed by atoms with Gasteiger partial charge in [-0.15, -0.1) is 0 Å². The Morgan fingerprint density at radius 3 is 2.25 bits per heavy atom. The van der Waals surface area contributed by atoms with Gasteiger partial charge in [0.15, 0.2) is 5.96 Å². The van der Waals surface area contributed by atoms with Gasteiger partial charge in [0.25, 0.3) is 0 Å². The van der Waals surface area contributed by atoms with E-state index in [1.807, 2.05) is 25.7 Å². The topological polar surface area (TPSA) is 56.7 Å². The molecule has 0 atom stereocenters. The number of hydrogen-bond acceptors (Lipinski definition) is 2. The molecule has 0 aromatic rings. The first-order chi connectivity index (χ1) is 7.69. The van der Waals surface area contributed by atoms with Crippen LogP contribution in [0.4, 0.5) is 0 Å². The monoisotopic (exact) mass is 228 g/mol. The van der Waals surface area contributed by atoms with Crippen LogP contribution in [0.25, 0.3) is 0 Å². The van der Waals surface area contributed by atoms with Gasteiger partial charge in [0.2, 0.25) is 5.91 Å². The molecule has 0 heterocycles. The molecule has 5 nitrogen and oxygen atoms in total. The maximum Gasteiger partial charge on any atom is 0.224 e. The van der Waals surface area contributed by atoms with Crippen LogP contribution in [0.15, 0.2) is 4.99 Å². The molecule has 0 aliphatic heterocycles. The largest absolute Gasteiger partial charge is 0.357 e. The molecule has 0 aromatic carbocycles.